The van der Waals surface area contributed by atoms with E-state index in [1.54, 1.807) is 5.57 Å². The molecular weight excluding hydrogens is 132 g/mol. The molecule has 0 N–H and O–H groups in total. The smallest absolute Gasteiger partial charge is 0.0225 e. The highest BCUT2D eigenvalue weighted by Crippen LogP contribution is 2.14. The van der Waals surface area contributed by atoms with Crippen LogP contribution in [0.15, 0.2) is 23.8 Å². The molecule has 0 aromatic carbocycles. The summed E-state index contributed by atoms with van der Waals surface area (Å²) in [6.07, 6.45) is 9.04. The van der Waals surface area contributed by atoms with Crippen molar-refractivity contribution >= 4 is 0 Å². The van der Waals surface area contributed by atoms with E-state index in [2.05, 4.69) is 45.9 Å². The highest BCUT2D eigenvalue weighted by atomic mass is 14.0. The van der Waals surface area contributed by atoms with Crippen molar-refractivity contribution in [3.63, 3.8) is 0 Å². The van der Waals surface area contributed by atoms with Crippen molar-refractivity contribution in [3.8, 4) is 0 Å². The minimum absolute atomic E-state index is 0.700. The van der Waals surface area contributed by atoms with E-state index in [1.807, 2.05) is 0 Å². The van der Waals surface area contributed by atoms with E-state index in [9.17, 15) is 0 Å². The average Bonchev–Trinajstić information content (AvgIpc) is 2.01. The van der Waals surface area contributed by atoms with Gasteiger partial charge in [-0.15, -0.1) is 0 Å². The lowest BCUT2D eigenvalue weighted by molar-refractivity contribution is 0.697. The third kappa shape index (κ3) is 4.83. The predicted molar refractivity (Wildman–Crippen MR) is 52.6 cm³/mol. The molecule has 0 aliphatic carbocycles. The van der Waals surface area contributed by atoms with E-state index in [0.29, 0.717) is 5.92 Å². The topological polar surface area (TPSA) is 0 Å². The quantitative estimate of drug-likeness (QED) is 0.535. The first kappa shape index (κ1) is 10.5. The van der Waals surface area contributed by atoms with Gasteiger partial charge < -0.3 is 0 Å². The van der Waals surface area contributed by atoms with Crippen LogP contribution in [0.25, 0.3) is 0 Å². The first-order chi connectivity index (χ1) is 5.24. The lowest BCUT2D eigenvalue weighted by atomic mass is 9.99. The Hall–Kier alpha value is -0.520. The third-order valence-corrected chi connectivity index (χ3v) is 1.97. The van der Waals surface area contributed by atoms with Crippen LogP contribution in [0.4, 0.5) is 0 Å². The van der Waals surface area contributed by atoms with E-state index in [4.69, 9.17) is 0 Å². The van der Waals surface area contributed by atoms with E-state index < -0.39 is 0 Å². The van der Waals surface area contributed by atoms with Crippen molar-refractivity contribution in [2.75, 3.05) is 0 Å². The van der Waals surface area contributed by atoms with Gasteiger partial charge in [0.15, 0.2) is 0 Å². The van der Waals surface area contributed by atoms with Crippen LogP contribution in [0.1, 0.15) is 40.5 Å². The third-order valence-electron chi connectivity index (χ3n) is 1.97. The van der Waals surface area contributed by atoms with Gasteiger partial charge in [0.25, 0.3) is 0 Å². The van der Waals surface area contributed by atoms with Crippen molar-refractivity contribution in [1.82, 2.24) is 0 Å². The number of rotatable bonds is 4. The summed E-state index contributed by atoms with van der Waals surface area (Å²) in [5, 5.41) is 0. The number of hydrogen-bond donors (Lipinski definition) is 0. The van der Waals surface area contributed by atoms with E-state index >= 15 is 0 Å². The summed E-state index contributed by atoms with van der Waals surface area (Å²) in [5.41, 5.74) is 1.57. The predicted octanol–water partition coefficient (Wildman–Crippen LogP) is 3.95. The van der Waals surface area contributed by atoms with E-state index in [-0.39, 0.29) is 0 Å². The van der Waals surface area contributed by atoms with Gasteiger partial charge in [-0.3, -0.25) is 0 Å². The molecule has 0 heterocycles. The molecule has 0 heteroatoms. The SMILES string of the molecule is CC=CC(C)CC(=CC)CC. The fraction of sp³-hybridized carbons (Fsp3) is 0.636. The van der Waals surface area contributed by atoms with E-state index in [0.717, 1.165) is 0 Å². The normalized spacial score (nSPS) is 15.8. The van der Waals surface area contributed by atoms with Gasteiger partial charge >= 0.3 is 0 Å². The second kappa shape index (κ2) is 6.21. The minimum Gasteiger partial charge on any atom is -0.0914 e. The second-order valence-electron chi connectivity index (χ2n) is 3.01. The molecule has 0 fully saturated rings. The summed E-state index contributed by atoms with van der Waals surface area (Å²) >= 11 is 0. The van der Waals surface area contributed by atoms with Crippen LogP contribution in [0.3, 0.4) is 0 Å². The fourth-order valence-electron chi connectivity index (χ4n) is 1.28. The lowest BCUT2D eigenvalue weighted by Gasteiger charge is -2.07. The molecule has 0 aliphatic heterocycles. The Morgan fingerprint density at radius 2 is 2.00 bits per heavy atom. The van der Waals surface area contributed by atoms with Crippen molar-refractivity contribution in [3.05, 3.63) is 23.8 Å². The monoisotopic (exact) mass is 152 g/mol. The maximum absolute atomic E-state index is 2.26. The van der Waals surface area contributed by atoms with Crippen LogP contribution in [-0.4, -0.2) is 0 Å². The van der Waals surface area contributed by atoms with Gasteiger partial charge in [-0.25, -0.2) is 0 Å². The maximum Gasteiger partial charge on any atom is -0.0225 e. The molecule has 0 saturated carbocycles. The first-order valence-electron chi connectivity index (χ1n) is 4.51. The van der Waals surface area contributed by atoms with Crippen molar-refractivity contribution < 1.29 is 0 Å². The summed E-state index contributed by atoms with van der Waals surface area (Å²) in [5.74, 6) is 0.700. The molecule has 0 nitrogen and oxygen atoms in total. The zero-order valence-corrected chi connectivity index (χ0v) is 8.22. The summed E-state index contributed by atoms with van der Waals surface area (Å²) in [6.45, 7) is 8.69. The van der Waals surface area contributed by atoms with Crippen LogP contribution in [0.2, 0.25) is 0 Å². The van der Waals surface area contributed by atoms with Crippen LogP contribution in [-0.2, 0) is 0 Å². The lowest BCUT2D eigenvalue weighted by Crippen LogP contribution is -1.91. The fourth-order valence-corrected chi connectivity index (χ4v) is 1.28. The highest BCUT2D eigenvalue weighted by molar-refractivity contribution is 5.02. The zero-order valence-electron chi connectivity index (χ0n) is 8.22. The molecular formula is C11H20. The van der Waals surface area contributed by atoms with Crippen molar-refractivity contribution in [2.45, 2.75) is 40.5 Å². The largest absolute Gasteiger partial charge is 0.0914 e. The van der Waals surface area contributed by atoms with Gasteiger partial charge in [-0.05, 0) is 32.6 Å². The Morgan fingerprint density at radius 3 is 2.36 bits per heavy atom. The van der Waals surface area contributed by atoms with Crippen LogP contribution >= 0.6 is 0 Å². The Morgan fingerprint density at radius 1 is 1.36 bits per heavy atom. The summed E-state index contributed by atoms with van der Waals surface area (Å²) in [6, 6.07) is 0. The second-order valence-corrected chi connectivity index (χ2v) is 3.01. The average molecular weight is 152 g/mol. The Kier molecular flexibility index (Phi) is 5.91. The molecule has 0 rings (SSSR count). The Balaban J connectivity index is 3.82. The van der Waals surface area contributed by atoms with Crippen LogP contribution in [0, 0.1) is 5.92 Å². The molecule has 1 atom stereocenters. The molecule has 1 unspecified atom stereocenters. The number of allylic oxidation sites excluding steroid dienone is 4. The first-order valence-corrected chi connectivity index (χ1v) is 4.51. The van der Waals surface area contributed by atoms with Gasteiger partial charge in [0.05, 0.1) is 0 Å². The zero-order chi connectivity index (χ0) is 8.69. The summed E-state index contributed by atoms with van der Waals surface area (Å²) in [7, 11) is 0. The van der Waals surface area contributed by atoms with Crippen molar-refractivity contribution in [1.29, 1.82) is 0 Å². The molecule has 0 spiro atoms. The standard InChI is InChI=1S/C11H20/c1-5-8-10(4)9-11(6-2)7-3/h5-6,8,10H,7,9H2,1-4H3. The maximum atomic E-state index is 2.26. The molecule has 0 aromatic heterocycles. The Bertz CT molecular complexity index is 140. The molecule has 0 amide bonds. The summed E-state index contributed by atoms with van der Waals surface area (Å²) in [4.78, 5) is 0. The van der Waals surface area contributed by atoms with Gasteiger partial charge in [0.2, 0.25) is 0 Å². The molecule has 0 saturated heterocycles. The van der Waals surface area contributed by atoms with Gasteiger partial charge in [-0.2, -0.15) is 0 Å². The molecule has 0 aromatic rings. The van der Waals surface area contributed by atoms with Gasteiger partial charge in [0, 0.05) is 0 Å². The van der Waals surface area contributed by atoms with Crippen molar-refractivity contribution in [2.24, 2.45) is 5.92 Å². The van der Waals surface area contributed by atoms with E-state index in [1.165, 1.54) is 12.8 Å². The molecule has 64 valence electrons. The van der Waals surface area contributed by atoms with Crippen LogP contribution in [0.5, 0.6) is 0 Å². The van der Waals surface area contributed by atoms with Gasteiger partial charge in [0.1, 0.15) is 0 Å². The molecule has 0 aliphatic rings. The van der Waals surface area contributed by atoms with Gasteiger partial charge in [-0.1, -0.05) is 37.6 Å². The minimum atomic E-state index is 0.700. The Labute approximate surface area is 71.0 Å². The molecule has 0 radical (unpaired) electrons. The highest BCUT2D eigenvalue weighted by Gasteiger charge is 1.98. The summed E-state index contributed by atoms with van der Waals surface area (Å²) < 4.78 is 0. The number of hydrogen-bond acceptors (Lipinski definition) is 0. The molecule has 0 bridgehead atoms. The molecule has 11 heavy (non-hydrogen) atoms. The van der Waals surface area contributed by atoms with Crippen LogP contribution < -0.4 is 0 Å².